The summed E-state index contributed by atoms with van der Waals surface area (Å²) in [4.78, 5) is 0. The highest BCUT2D eigenvalue weighted by molar-refractivity contribution is 9.11. The topological polar surface area (TPSA) is 9.23 Å². The summed E-state index contributed by atoms with van der Waals surface area (Å²) in [6, 6.07) is 0. The minimum Gasteiger partial charge on any atom is -0.364 e. The first-order valence-electron chi connectivity index (χ1n) is 5.08. The zero-order valence-electron chi connectivity index (χ0n) is 10.4. The summed E-state index contributed by atoms with van der Waals surface area (Å²) in [6.07, 6.45) is 0. The molecule has 0 aromatic heterocycles. The maximum Gasteiger partial charge on any atom is 0.137 e. The van der Waals surface area contributed by atoms with E-state index in [9.17, 15) is 0 Å². The Hall–Kier alpha value is -0.0431. The first kappa shape index (κ1) is 15.0. The van der Waals surface area contributed by atoms with Crippen molar-refractivity contribution in [1.82, 2.24) is 0 Å². The average molecular weight is 289 g/mol. The fraction of sp³-hybridized carbons (Fsp3) is 0.667. The lowest BCUT2D eigenvalue weighted by Crippen LogP contribution is -2.35. The molecule has 0 spiro atoms. The van der Waals surface area contributed by atoms with Crippen LogP contribution in [0.1, 0.15) is 20.8 Å². The maximum atomic E-state index is 5.31. The number of halogens is 1. The van der Waals surface area contributed by atoms with Crippen molar-refractivity contribution in [3.8, 4) is 11.5 Å². The third-order valence-electron chi connectivity index (χ3n) is 2.71. The molecule has 0 aliphatic rings. The zero-order chi connectivity index (χ0) is 12.1. The third kappa shape index (κ3) is 6.19. The standard InChI is InChI=1S/C12H21BrOSi/c1-11(13)10-14-8-7-9-15(5,6)12(2,3)4/h1,8,10H2,2-6H3. The summed E-state index contributed by atoms with van der Waals surface area (Å²) in [6.45, 7) is 16.1. The van der Waals surface area contributed by atoms with E-state index >= 15 is 0 Å². The molecular weight excluding hydrogens is 268 g/mol. The van der Waals surface area contributed by atoms with Crippen LogP contribution in [-0.2, 0) is 4.74 Å². The van der Waals surface area contributed by atoms with E-state index in [0.29, 0.717) is 18.3 Å². The van der Waals surface area contributed by atoms with Gasteiger partial charge in [-0.2, -0.15) is 0 Å². The Morgan fingerprint density at radius 2 is 1.93 bits per heavy atom. The third-order valence-corrected chi connectivity index (χ3v) is 7.49. The van der Waals surface area contributed by atoms with Gasteiger partial charge in [-0.05, 0) is 5.04 Å². The Labute approximate surface area is 103 Å². The molecule has 86 valence electrons. The molecule has 0 rings (SSSR count). The summed E-state index contributed by atoms with van der Waals surface area (Å²) in [5.74, 6) is 3.12. The molecule has 3 heteroatoms. The van der Waals surface area contributed by atoms with Gasteiger partial charge >= 0.3 is 0 Å². The molecule has 0 heterocycles. The van der Waals surface area contributed by atoms with Gasteiger partial charge in [-0.15, -0.1) is 5.54 Å². The quantitative estimate of drug-likeness (QED) is 0.434. The maximum absolute atomic E-state index is 5.31. The van der Waals surface area contributed by atoms with E-state index in [1.165, 1.54) is 0 Å². The molecule has 0 atom stereocenters. The van der Waals surface area contributed by atoms with Crippen molar-refractivity contribution in [2.24, 2.45) is 0 Å². The lowest BCUT2D eigenvalue weighted by molar-refractivity contribution is 0.198. The van der Waals surface area contributed by atoms with Crippen LogP contribution in [-0.4, -0.2) is 21.3 Å². The second-order valence-corrected chi connectivity index (χ2v) is 11.3. The lowest BCUT2D eigenvalue weighted by Gasteiger charge is -2.31. The van der Waals surface area contributed by atoms with Crippen molar-refractivity contribution in [2.75, 3.05) is 13.2 Å². The van der Waals surface area contributed by atoms with Crippen molar-refractivity contribution < 1.29 is 4.74 Å². The Kier molecular flexibility index (Phi) is 5.87. The van der Waals surface area contributed by atoms with E-state index in [4.69, 9.17) is 4.74 Å². The number of hydrogen-bond acceptors (Lipinski definition) is 1. The molecule has 0 bridgehead atoms. The molecule has 0 saturated heterocycles. The van der Waals surface area contributed by atoms with Crippen LogP contribution in [0.15, 0.2) is 11.1 Å². The van der Waals surface area contributed by atoms with Gasteiger partial charge in [0.2, 0.25) is 0 Å². The van der Waals surface area contributed by atoms with Crippen molar-refractivity contribution in [3.63, 3.8) is 0 Å². The molecule has 1 nitrogen and oxygen atoms in total. The van der Waals surface area contributed by atoms with E-state index in [0.717, 1.165) is 4.48 Å². The summed E-state index contributed by atoms with van der Waals surface area (Å²) < 4.78 is 6.16. The molecule has 0 fully saturated rings. The highest BCUT2D eigenvalue weighted by Crippen LogP contribution is 2.34. The first-order valence-corrected chi connectivity index (χ1v) is 8.87. The Morgan fingerprint density at radius 3 is 2.33 bits per heavy atom. The van der Waals surface area contributed by atoms with Gasteiger partial charge in [0.25, 0.3) is 0 Å². The molecule has 0 amide bonds. The van der Waals surface area contributed by atoms with Crippen molar-refractivity contribution in [2.45, 2.75) is 38.9 Å². The van der Waals surface area contributed by atoms with E-state index in [1.807, 2.05) is 0 Å². The highest BCUT2D eigenvalue weighted by Gasteiger charge is 2.33. The second-order valence-electron chi connectivity index (χ2n) is 5.19. The largest absolute Gasteiger partial charge is 0.364 e. The van der Waals surface area contributed by atoms with Gasteiger partial charge < -0.3 is 4.74 Å². The molecule has 0 radical (unpaired) electrons. The Morgan fingerprint density at radius 1 is 1.40 bits per heavy atom. The van der Waals surface area contributed by atoms with Crippen LogP contribution in [0.5, 0.6) is 0 Å². The van der Waals surface area contributed by atoms with E-state index in [2.05, 4.69) is 67.8 Å². The minimum atomic E-state index is -1.46. The van der Waals surface area contributed by atoms with Gasteiger partial charge in [0.1, 0.15) is 14.7 Å². The normalized spacial score (nSPS) is 11.9. The molecule has 0 aliphatic heterocycles. The van der Waals surface area contributed by atoms with Gasteiger partial charge in [0, 0.05) is 4.48 Å². The van der Waals surface area contributed by atoms with Gasteiger partial charge in [-0.25, -0.2) is 0 Å². The van der Waals surface area contributed by atoms with E-state index in [-0.39, 0.29) is 0 Å². The Bertz CT molecular complexity index is 278. The number of rotatable bonds is 3. The first-order chi connectivity index (χ1) is 6.67. The summed E-state index contributed by atoms with van der Waals surface area (Å²) in [7, 11) is -1.46. The SMILES string of the molecule is C=C(Br)COCC#C[Si](C)(C)C(C)(C)C. The van der Waals surface area contributed by atoms with Gasteiger partial charge in [0.05, 0.1) is 6.61 Å². The molecule has 15 heavy (non-hydrogen) atoms. The predicted octanol–water partition coefficient (Wildman–Crippen LogP) is 3.96. The van der Waals surface area contributed by atoms with Crippen LogP contribution < -0.4 is 0 Å². The van der Waals surface area contributed by atoms with Crippen molar-refractivity contribution in [1.29, 1.82) is 0 Å². The monoisotopic (exact) mass is 288 g/mol. The average Bonchev–Trinajstić information content (AvgIpc) is 2.00. The van der Waals surface area contributed by atoms with Crippen LogP contribution in [0.2, 0.25) is 18.1 Å². The molecule has 0 unspecified atom stereocenters. The molecule has 0 saturated carbocycles. The van der Waals surface area contributed by atoms with Crippen molar-refractivity contribution in [3.05, 3.63) is 11.1 Å². The van der Waals surface area contributed by atoms with Crippen LogP contribution in [0, 0.1) is 11.5 Å². The van der Waals surface area contributed by atoms with Crippen LogP contribution in [0.3, 0.4) is 0 Å². The summed E-state index contributed by atoms with van der Waals surface area (Å²) >= 11 is 3.24. The van der Waals surface area contributed by atoms with Crippen molar-refractivity contribution >= 4 is 24.0 Å². The summed E-state index contributed by atoms with van der Waals surface area (Å²) in [5, 5.41) is 0.318. The van der Waals surface area contributed by atoms with Crippen LogP contribution in [0.4, 0.5) is 0 Å². The molecule has 0 aliphatic carbocycles. The van der Waals surface area contributed by atoms with Crippen LogP contribution >= 0.6 is 15.9 Å². The predicted molar refractivity (Wildman–Crippen MR) is 73.9 cm³/mol. The second kappa shape index (κ2) is 5.88. The van der Waals surface area contributed by atoms with E-state index in [1.54, 1.807) is 0 Å². The Balaban J connectivity index is 4.12. The smallest absolute Gasteiger partial charge is 0.137 e. The molecule has 0 N–H and O–H groups in total. The van der Waals surface area contributed by atoms with Gasteiger partial charge in [0.15, 0.2) is 0 Å². The zero-order valence-corrected chi connectivity index (χ0v) is 13.0. The van der Waals surface area contributed by atoms with Crippen LogP contribution in [0.25, 0.3) is 0 Å². The fourth-order valence-corrected chi connectivity index (χ4v) is 1.71. The highest BCUT2D eigenvalue weighted by atomic mass is 79.9. The van der Waals surface area contributed by atoms with Gasteiger partial charge in [-0.3, -0.25) is 0 Å². The molecule has 0 aromatic rings. The minimum absolute atomic E-state index is 0.318. The molecule has 0 aromatic carbocycles. The van der Waals surface area contributed by atoms with E-state index < -0.39 is 8.07 Å². The number of hydrogen-bond donors (Lipinski definition) is 0. The number of ether oxygens (including phenoxy) is 1. The lowest BCUT2D eigenvalue weighted by atomic mass is 10.2. The fourth-order valence-electron chi connectivity index (χ4n) is 0.657. The molecular formula is C12H21BrOSi. The van der Waals surface area contributed by atoms with Gasteiger partial charge in [-0.1, -0.05) is 62.3 Å². The summed E-state index contributed by atoms with van der Waals surface area (Å²) in [5.41, 5.74) is 3.39.